The standard InChI is InChI=1S/C27H18N.C22H25N2.C18H17N3.C17H14N2O.C14H12N2.C5H8O2.Ir/c1-4-10-20(11-5-1)23-16-17-26-25(18-23)24(21-12-6-2-7-13-21)19-27(28-26)22-14-8-3-9-15-22;1-15(2)18-10-7-11-19(16(3)4)21(18)24-13-12-23-14-17-8-5-6-9-20(17)22(23)24;1-11(2)20-21-17-15-8-4-3-7-13(15)14-9-5-6-12-10-19-18(17)16(12)14;1-18-8-9-19-15(18)10-11-6-7-13-12-4-2-3-5-14(12)20-17(13)16(11)19;1-2-7-13-11(5-1)9-14-15-8-4-3-6-12(15)10-16(13)14;1-4(6)3-5(2)7;/h1-14,16-19H;5-13,15-16H,14H2,1-4H3;3-9,11,19H,10H2,1-2H3;2-9,15H,10H2,1H3;1-8,10,14H,9H2;3,6H,1-2H3;/q-1;+1;;;;;. The molecule has 0 saturated heterocycles. The van der Waals surface area contributed by atoms with Gasteiger partial charge in [-0.25, -0.2) is 4.57 Å². The maximum atomic E-state index is 10.0. The van der Waals surface area contributed by atoms with Crippen LogP contribution in [0.5, 0.6) is 0 Å². The first kappa shape index (κ1) is 77.9. The molecule has 583 valence electrons. The van der Waals surface area contributed by atoms with Crippen LogP contribution in [0.15, 0.2) is 342 Å². The molecule has 0 amide bonds. The number of anilines is 3. The summed E-state index contributed by atoms with van der Waals surface area (Å²) in [7, 11) is 2.13. The Hall–Kier alpha value is -13.0. The molecule has 15 aromatic rings. The molecule has 0 aliphatic carbocycles. The zero-order valence-corrected chi connectivity index (χ0v) is 69.8. The minimum atomic E-state index is -0.125. The van der Waals surface area contributed by atoms with Crippen molar-refractivity contribution >= 4 is 82.9 Å². The van der Waals surface area contributed by atoms with Crippen molar-refractivity contribution in [3.05, 3.63) is 367 Å². The number of ketones is 1. The number of carbonyl (C=O) groups excluding carboxylic acids is 1. The first-order chi connectivity index (χ1) is 56.6. The second kappa shape index (κ2) is 33.8. The molecule has 14 heteroatoms. The Bertz CT molecular complexity index is 6400. The van der Waals surface area contributed by atoms with Gasteiger partial charge < -0.3 is 34.4 Å². The fourth-order valence-corrected chi connectivity index (χ4v) is 17.1. The number of aliphatic hydroxyl groups excluding tert-OH is 1. The third-order valence-corrected chi connectivity index (χ3v) is 22.5. The van der Waals surface area contributed by atoms with Crippen molar-refractivity contribution in [2.75, 3.05) is 22.2 Å². The maximum absolute atomic E-state index is 10.0. The van der Waals surface area contributed by atoms with E-state index in [4.69, 9.17) is 14.5 Å². The molecular weight excluding hydrogens is 1620 g/mol. The first-order valence-electron chi connectivity index (χ1n) is 40.3. The molecule has 13 nitrogen and oxygen atoms in total. The monoisotopic (exact) mass is 1710 g/mol. The molecule has 10 heterocycles. The van der Waals surface area contributed by atoms with Crippen molar-refractivity contribution in [1.29, 1.82) is 0 Å². The molecule has 22 rings (SSSR count). The summed E-state index contributed by atoms with van der Waals surface area (Å²) in [4.78, 5) is 24.3. The van der Waals surface area contributed by atoms with E-state index in [1.165, 1.54) is 137 Å². The van der Waals surface area contributed by atoms with Crippen molar-refractivity contribution in [1.82, 2.24) is 19.4 Å². The third-order valence-electron chi connectivity index (χ3n) is 22.5. The normalized spacial score (nSPS) is 15.1. The molecule has 0 fully saturated rings. The number of hydrogen-bond donors (Lipinski definition) is 2. The predicted molar refractivity (Wildman–Crippen MR) is 476 cm³/mol. The van der Waals surface area contributed by atoms with Crippen LogP contribution < -0.4 is 19.7 Å². The Labute approximate surface area is 698 Å². The van der Waals surface area contributed by atoms with Crippen LogP contribution in [0.1, 0.15) is 101 Å². The number of nitrogens with one attached hydrogen (secondary N) is 1. The topological polar surface area (TPSA) is 122 Å². The fourth-order valence-electron chi connectivity index (χ4n) is 17.1. The van der Waals surface area contributed by atoms with E-state index in [1.807, 2.05) is 56.3 Å². The van der Waals surface area contributed by atoms with Crippen LogP contribution in [0.2, 0.25) is 0 Å². The number of aliphatic hydroxyl groups is 1. The van der Waals surface area contributed by atoms with E-state index in [1.54, 1.807) is 0 Å². The van der Waals surface area contributed by atoms with E-state index in [0.717, 1.165) is 76.0 Å². The van der Waals surface area contributed by atoms with Gasteiger partial charge in [0.1, 0.15) is 48.2 Å². The Morgan fingerprint density at radius 1 is 0.590 bits per heavy atom. The van der Waals surface area contributed by atoms with Gasteiger partial charge in [-0.15, -0.1) is 35.9 Å². The number of hydrogen-bond acceptors (Lipinski definition) is 11. The average Bonchev–Trinajstić information content (AvgIpc) is 1.66. The zero-order chi connectivity index (χ0) is 79.7. The number of aromatic nitrogens is 3. The molecule has 0 saturated carbocycles. The summed E-state index contributed by atoms with van der Waals surface area (Å²) in [5.74, 6) is 2.24. The Kier molecular flexibility index (Phi) is 22.5. The van der Waals surface area contributed by atoms with E-state index in [0.29, 0.717) is 24.2 Å². The van der Waals surface area contributed by atoms with Crippen molar-refractivity contribution in [2.45, 2.75) is 112 Å². The van der Waals surface area contributed by atoms with Crippen LogP contribution in [0.25, 0.3) is 105 Å². The molecule has 12 aromatic carbocycles. The summed E-state index contributed by atoms with van der Waals surface area (Å²) in [5.41, 5.74) is 26.9. The quantitative estimate of drug-likeness (QED) is 0.0363. The van der Waals surface area contributed by atoms with E-state index in [2.05, 4.69) is 353 Å². The minimum Gasteiger partial charge on any atom is -0.512 e. The molecule has 117 heavy (non-hydrogen) atoms. The summed E-state index contributed by atoms with van der Waals surface area (Å²) >= 11 is 0. The SMILES string of the molecule is C1=CC2=CN3c4ccccc4CC3N2C=C1.CC(=O)C=C(C)O.CC(C)N=Nc1c2c3c(cccc3c3ccccc13)CN2.CC(C)c1cccc(C(C)C)c1-n1cc[n+]2c1-c1ccccc1C2.CN1C=CN2c3c(ccc4c3oc3ccccc34)CC12.[Ir].[c-]1ccccc1-c1cc(-c2ccccc2)c2cc(-c3ccccc3)ccc2n1. The van der Waals surface area contributed by atoms with Gasteiger partial charge in [0, 0.05) is 127 Å². The summed E-state index contributed by atoms with van der Waals surface area (Å²) in [6.45, 7) is 17.9. The molecule has 2 unspecified atom stereocenters. The minimum absolute atomic E-state index is 0. The van der Waals surface area contributed by atoms with Crippen LogP contribution in [0.3, 0.4) is 0 Å². The maximum Gasteiger partial charge on any atom is 0.294 e. The molecule has 1 radical (unpaired) electrons. The molecular formula is C103H94IrN10O3. The molecule has 7 aliphatic rings. The number of rotatable bonds is 9. The van der Waals surface area contributed by atoms with Crippen molar-refractivity contribution in [2.24, 2.45) is 10.2 Å². The summed E-state index contributed by atoms with van der Waals surface area (Å²) in [6.07, 6.45) is 23.7. The van der Waals surface area contributed by atoms with Crippen LogP contribution in [-0.4, -0.2) is 55.7 Å². The number of pyridine rings is 1. The van der Waals surface area contributed by atoms with Crippen LogP contribution in [0, 0.1) is 6.07 Å². The van der Waals surface area contributed by atoms with Gasteiger partial charge in [0.25, 0.3) is 5.82 Å². The Balaban J connectivity index is 0.000000108. The van der Waals surface area contributed by atoms with E-state index in [9.17, 15) is 4.79 Å². The number of carbonyl (C=O) groups is 1. The Morgan fingerprint density at radius 2 is 1.26 bits per heavy atom. The number of imidazole rings is 1. The second-order valence-corrected chi connectivity index (χ2v) is 31.3. The summed E-state index contributed by atoms with van der Waals surface area (Å²) in [5, 5.41) is 29.4. The predicted octanol–water partition coefficient (Wildman–Crippen LogP) is 24.8. The van der Waals surface area contributed by atoms with Gasteiger partial charge in [-0.2, -0.15) is 14.8 Å². The molecule has 0 spiro atoms. The molecule has 3 aromatic heterocycles. The van der Waals surface area contributed by atoms with E-state index >= 15 is 0 Å². The number of furan rings is 1. The first-order valence-corrected chi connectivity index (χ1v) is 40.3. The van der Waals surface area contributed by atoms with Gasteiger partial charge in [-0.1, -0.05) is 234 Å². The number of para-hydroxylation sites is 3. The average molecular weight is 1710 g/mol. The third kappa shape index (κ3) is 15.5. The van der Waals surface area contributed by atoms with Gasteiger partial charge in [-0.05, 0) is 137 Å². The van der Waals surface area contributed by atoms with E-state index < -0.39 is 0 Å². The van der Waals surface area contributed by atoms with E-state index in [-0.39, 0.29) is 37.7 Å². The largest absolute Gasteiger partial charge is 0.512 e. The number of benzene rings is 12. The van der Waals surface area contributed by atoms with Crippen LogP contribution >= 0.6 is 0 Å². The van der Waals surface area contributed by atoms with Crippen molar-refractivity contribution in [3.8, 4) is 50.6 Å². The summed E-state index contributed by atoms with van der Waals surface area (Å²) in [6, 6.07) is 93.1. The van der Waals surface area contributed by atoms with Gasteiger partial charge in [0.2, 0.25) is 0 Å². The Morgan fingerprint density at radius 3 is 2.00 bits per heavy atom. The number of nitrogens with zero attached hydrogens (tertiary/aromatic N) is 9. The van der Waals surface area contributed by atoms with Crippen molar-refractivity contribution in [3.63, 3.8) is 0 Å². The number of likely N-dealkylation sites (N-methyl/N-ethyl adjacent to an activating group) is 1. The van der Waals surface area contributed by atoms with Crippen LogP contribution in [-0.2, 0) is 50.8 Å². The zero-order valence-electron chi connectivity index (χ0n) is 67.4. The molecule has 2 N–H and O–H groups in total. The molecule has 0 bridgehead atoms. The van der Waals surface area contributed by atoms with Gasteiger partial charge >= 0.3 is 0 Å². The second-order valence-electron chi connectivity index (χ2n) is 31.3. The molecule has 7 aliphatic heterocycles. The number of allylic oxidation sites excluding steroid dienone is 5. The molecule has 2 atom stereocenters. The van der Waals surface area contributed by atoms with Gasteiger partial charge in [-0.3, -0.25) is 9.78 Å². The van der Waals surface area contributed by atoms with Gasteiger partial charge in [0.15, 0.2) is 11.4 Å². The van der Waals surface area contributed by atoms with Crippen LogP contribution in [0.4, 0.5) is 22.7 Å². The number of azo groups is 1. The fraction of sp³-hybridized carbons (Fsp3) is 0.175. The number of fused-ring (bicyclic) bond motifs is 18. The smallest absolute Gasteiger partial charge is 0.294 e. The van der Waals surface area contributed by atoms with Crippen molar-refractivity contribution < 1.29 is 39.0 Å². The summed E-state index contributed by atoms with van der Waals surface area (Å²) < 4.78 is 10.9. The van der Waals surface area contributed by atoms with Gasteiger partial charge in [0.05, 0.1) is 40.0 Å².